The van der Waals surface area contributed by atoms with Crippen molar-refractivity contribution in [1.29, 1.82) is 0 Å². The molecule has 0 fully saturated rings. The third-order valence-electron chi connectivity index (χ3n) is 5.65. The first-order valence-corrected chi connectivity index (χ1v) is 14.8. The average molecular weight is 556 g/mol. The van der Waals surface area contributed by atoms with E-state index in [1.54, 1.807) is 17.4 Å². The molecule has 0 bridgehead atoms. The van der Waals surface area contributed by atoms with Crippen molar-refractivity contribution in [3.05, 3.63) is 71.1 Å². The van der Waals surface area contributed by atoms with Gasteiger partial charge in [0.15, 0.2) is 0 Å². The van der Waals surface area contributed by atoms with Crippen LogP contribution < -0.4 is 20.6 Å². The van der Waals surface area contributed by atoms with Crippen molar-refractivity contribution >= 4 is 90.2 Å². The SMILES string of the molecule is C[Si]1(C)c2ccccc2N(c2ccc(/C=C3/C(=O)N=C([Te])NC3=O)s2)c2ccccc21. The van der Waals surface area contributed by atoms with E-state index in [1.165, 1.54) is 44.0 Å². The Balaban J connectivity index is 1.62. The fourth-order valence-electron chi connectivity index (χ4n) is 4.16. The van der Waals surface area contributed by atoms with E-state index >= 15 is 0 Å². The van der Waals surface area contributed by atoms with E-state index in [4.69, 9.17) is 0 Å². The van der Waals surface area contributed by atoms with E-state index in [1.807, 2.05) is 12.1 Å². The molecular weight excluding hydrogens is 538 g/mol. The number of amides is 2. The van der Waals surface area contributed by atoms with Crippen molar-refractivity contribution in [2.24, 2.45) is 4.99 Å². The molecular formula is C23H18N3O2SSiTe. The van der Waals surface area contributed by atoms with Crippen molar-refractivity contribution in [3.8, 4) is 0 Å². The van der Waals surface area contributed by atoms with Crippen LogP contribution in [-0.2, 0) is 9.59 Å². The number of hydrogen-bond acceptors (Lipinski definition) is 4. The summed E-state index contributed by atoms with van der Waals surface area (Å²) in [5, 5.41) is 6.45. The molecule has 1 radical (unpaired) electrons. The van der Waals surface area contributed by atoms with Gasteiger partial charge in [0.25, 0.3) is 0 Å². The van der Waals surface area contributed by atoms with Crippen molar-refractivity contribution < 1.29 is 9.59 Å². The molecule has 0 saturated carbocycles. The number of rotatable bonds is 2. The second-order valence-corrected chi connectivity index (χ2v) is 14.4. The maximum atomic E-state index is 12.2. The van der Waals surface area contributed by atoms with Gasteiger partial charge in [-0.25, -0.2) is 0 Å². The summed E-state index contributed by atoms with van der Waals surface area (Å²) >= 11 is 3.08. The number of carbonyl (C=O) groups excluding carboxylic acids is 2. The predicted octanol–water partition coefficient (Wildman–Crippen LogP) is 2.92. The molecule has 0 atom stereocenters. The molecule has 0 spiro atoms. The normalized spacial score (nSPS) is 18.3. The summed E-state index contributed by atoms with van der Waals surface area (Å²) in [6, 6.07) is 21.2. The molecule has 5 nitrogen and oxygen atoms in total. The number of anilines is 3. The minimum atomic E-state index is -1.82. The third kappa shape index (κ3) is 3.40. The van der Waals surface area contributed by atoms with Crippen LogP contribution in [0.3, 0.4) is 0 Å². The number of carbonyl (C=O) groups is 2. The standard InChI is InChI=1S/C23H18N3O2SSiTe/c1-30(2)18-9-5-3-7-16(18)26(17-8-4-6-10-19(17)30)20-12-11-14(29-20)13-15-21(27)24-23(31)25-22(15)28/h3-13H,1-2H3,(H,24,25,27,28). The van der Waals surface area contributed by atoms with Gasteiger partial charge in [-0.05, 0) is 0 Å². The Bertz CT molecular complexity index is 1260. The Morgan fingerprint density at radius 3 is 2.19 bits per heavy atom. The van der Waals surface area contributed by atoms with Crippen LogP contribution in [0, 0.1) is 0 Å². The molecule has 2 amide bonds. The molecule has 2 aliphatic heterocycles. The van der Waals surface area contributed by atoms with Gasteiger partial charge in [0.1, 0.15) is 0 Å². The summed E-state index contributed by atoms with van der Waals surface area (Å²) < 4.78 is 0.336. The molecule has 0 saturated heterocycles. The number of benzene rings is 2. The number of fused-ring (bicyclic) bond motifs is 2. The fourth-order valence-corrected chi connectivity index (χ4v) is 8.62. The molecule has 5 rings (SSSR count). The zero-order chi connectivity index (χ0) is 21.8. The third-order valence-corrected chi connectivity index (χ3v) is 10.8. The van der Waals surface area contributed by atoms with Crippen molar-refractivity contribution in [2.45, 2.75) is 13.1 Å². The predicted molar refractivity (Wildman–Crippen MR) is 130 cm³/mol. The van der Waals surface area contributed by atoms with Crippen LogP contribution in [-0.4, -0.2) is 46.1 Å². The second-order valence-electron chi connectivity index (χ2n) is 7.90. The monoisotopic (exact) mass is 558 g/mol. The molecule has 0 aliphatic carbocycles. The van der Waals surface area contributed by atoms with Crippen molar-refractivity contribution in [3.63, 3.8) is 0 Å². The molecule has 3 aromatic rings. The summed E-state index contributed by atoms with van der Waals surface area (Å²) in [5.41, 5.74) is 2.46. The number of para-hydroxylation sites is 2. The first-order chi connectivity index (χ1) is 14.9. The van der Waals surface area contributed by atoms with Gasteiger partial charge in [0, 0.05) is 0 Å². The molecule has 8 heteroatoms. The first-order valence-electron chi connectivity index (χ1n) is 9.78. The van der Waals surface area contributed by atoms with Gasteiger partial charge in [-0.3, -0.25) is 0 Å². The zero-order valence-electron chi connectivity index (χ0n) is 16.9. The van der Waals surface area contributed by atoms with E-state index < -0.39 is 19.9 Å². The van der Waals surface area contributed by atoms with Crippen LogP contribution in [0.4, 0.5) is 16.4 Å². The van der Waals surface area contributed by atoms with Crippen LogP contribution in [0.15, 0.2) is 71.2 Å². The number of hydrogen-bond donors (Lipinski definition) is 1. The molecule has 2 aromatic carbocycles. The molecule has 31 heavy (non-hydrogen) atoms. The summed E-state index contributed by atoms with van der Waals surface area (Å²) in [4.78, 5) is 31.4. The van der Waals surface area contributed by atoms with Gasteiger partial charge in [-0.1, -0.05) is 25.2 Å². The Labute approximate surface area is 198 Å². The van der Waals surface area contributed by atoms with Crippen molar-refractivity contribution in [1.82, 2.24) is 5.32 Å². The van der Waals surface area contributed by atoms with E-state index in [2.05, 4.69) is 76.8 Å². The number of thiophene rings is 1. The zero-order valence-corrected chi connectivity index (χ0v) is 21.0. The van der Waals surface area contributed by atoms with E-state index in [0.717, 1.165) is 9.88 Å². The molecule has 2 aliphatic rings. The van der Waals surface area contributed by atoms with Gasteiger partial charge in [0.2, 0.25) is 0 Å². The Morgan fingerprint density at radius 2 is 1.58 bits per heavy atom. The number of nitrogens with zero attached hydrogens (tertiary/aromatic N) is 2. The topological polar surface area (TPSA) is 61.8 Å². The maximum absolute atomic E-state index is 12.2. The summed E-state index contributed by atoms with van der Waals surface area (Å²) in [6.07, 6.45) is 1.63. The van der Waals surface area contributed by atoms with Gasteiger partial charge in [0.05, 0.1) is 0 Å². The van der Waals surface area contributed by atoms with Crippen LogP contribution in [0.1, 0.15) is 4.88 Å². The average Bonchev–Trinajstić information content (AvgIpc) is 3.19. The van der Waals surface area contributed by atoms with Gasteiger partial charge in [-0.15, -0.1) is 0 Å². The Kier molecular flexibility index (Phi) is 4.98. The fraction of sp³-hybridized carbons (Fsp3) is 0.0870. The van der Waals surface area contributed by atoms with Gasteiger partial charge < -0.3 is 0 Å². The molecule has 0 unspecified atom stereocenters. The van der Waals surface area contributed by atoms with Crippen molar-refractivity contribution in [2.75, 3.05) is 4.90 Å². The second kappa shape index (κ2) is 7.57. The number of nitrogens with one attached hydrogen (secondary N) is 1. The van der Waals surface area contributed by atoms with Crippen LogP contribution in [0.25, 0.3) is 6.08 Å². The van der Waals surface area contributed by atoms with Crippen LogP contribution >= 0.6 is 11.3 Å². The summed E-state index contributed by atoms with van der Waals surface area (Å²) in [7, 11) is -1.82. The van der Waals surface area contributed by atoms with E-state index in [9.17, 15) is 9.59 Å². The summed E-state index contributed by atoms with van der Waals surface area (Å²) in [5.74, 6) is -0.906. The van der Waals surface area contributed by atoms with Crippen LogP contribution in [0.2, 0.25) is 13.1 Å². The van der Waals surface area contributed by atoms with E-state index in [-0.39, 0.29) is 5.57 Å². The molecule has 1 aromatic heterocycles. The molecule has 1 N–H and O–H groups in total. The quantitative estimate of drug-likeness (QED) is 0.300. The first kappa shape index (κ1) is 20.4. The number of aliphatic imine (C=N–C) groups is 1. The minimum absolute atomic E-state index is 0.0636. The van der Waals surface area contributed by atoms with E-state index in [0.29, 0.717) is 3.88 Å². The van der Waals surface area contributed by atoms with Gasteiger partial charge >= 0.3 is 174 Å². The Hall–Kier alpha value is -2.50. The number of amidine groups is 1. The Morgan fingerprint density at radius 1 is 0.968 bits per heavy atom. The molecule has 153 valence electrons. The van der Waals surface area contributed by atoms with Gasteiger partial charge in [-0.2, -0.15) is 0 Å². The molecule has 3 heterocycles. The van der Waals surface area contributed by atoms with Crippen LogP contribution in [0.5, 0.6) is 0 Å². The summed E-state index contributed by atoms with van der Waals surface area (Å²) in [6.45, 7) is 4.78.